The van der Waals surface area contributed by atoms with Gasteiger partial charge in [-0.3, -0.25) is 4.79 Å². The number of carbonyl (C=O) groups is 2. The number of rotatable bonds is 5. The third kappa shape index (κ3) is 8.71. The molecular weight excluding hydrogens is 582 g/mol. The Morgan fingerprint density at radius 1 is 1.05 bits per heavy atom. The number of ether oxygens (including phenoxy) is 2. The van der Waals surface area contributed by atoms with E-state index >= 15 is 0 Å². The van der Waals surface area contributed by atoms with E-state index in [9.17, 15) is 23.1 Å². The molecule has 3 heterocycles. The Kier molecular flexibility index (Phi) is 11.7. The van der Waals surface area contributed by atoms with Crippen molar-refractivity contribution in [2.24, 2.45) is 11.8 Å². The fraction of sp³-hybridized carbons (Fsp3) is 0.636. The summed E-state index contributed by atoms with van der Waals surface area (Å²) in [5, 5.41) is 10.6. The molecule has 0 radical (unpaired) electrons. The average molecular weight is 632 g/mol. The van der Waals surface area contributed by atoms with Crippen LogP contribution in [0.2, 0.25) is 0 Å². The molecule has 11 heteroatoms. The van der Waals surface area contributed by atoms with Gasteiger partial charge < -0.3 is 24.4 Å². The number of amides is 1. The fourth-order valence-corrected chi connectivity index (χ4v) is 7.80. The highest BCUT2D eigenvalue weighted by atomic mass is 32.2. The summed E-state index contributed by atoms with van der Waals surface area (Å²) in [6.45, 7) is 11.4. The number of likely N-dealkylation sites (N-methyl/N-ethyl adjacent to an activating group) is 1. The molecule has 1 aromatic rings. The molecule has 2 saturated heterocycles. The Balaban J connectivity index is 1.59. The molecule has 0 unspecified atom stereocenters. The number of aliphatic hydroxyl groups excluding tert-OH is 1. The van der Waals surface area contributed by atoms with Gasteiger partial charge in [0.05, 0.1) is 17.4 Å². The van der Waals surface area contributed by atoms with E-state index < -0.39 is 34.3 Å². The van der Waals surface area contributed by atoms with E-state index in [-0.39, 0.29) is 29.2 Å². The lowest BCUT2D eigenvalue weighted by molar-refractivity contribution is -0.151. The summed E-state index contributed by atoms with van der Waals surface area (Å²) < 4.78 is 40.2. The second-order valence-electron chi connectivity index (χ2n) is 12.7. The smallest absolute Gasteiger partial charge is 0.410 e. The molecule has 1 amide bonds. The van der Waals surface area contributed by atoms with Gasteiger partial charge in [-0.15, -0.1) is 0 Å². The Morgan fingerprint density at radius 3 is 2.41 bits per heavy atom. The summed E-state index contributed by atoms with van der Waals surface area (Å²) in [5.41, 5.74) is 2.10. The van der Waals surface area contributed by atoms with Crippen molar-refractivity contribution in [1.82, 2.24) is 14.1 Å². The van der Waals surface area contributed by atoms with Gasteiger partial charge in [-0.25, -0.2) is 13.2 Å². The minimum absolute atomic E-state index is 0.0708. The molecule has 0 aromatic heterocycles. The van der Waals surface area contributed by atoms with Crippen LogP contribution in [0.1, 0.15) is 64.0 Å². The van der Waals surface area contributed by atoms with Crippen LogP contribution in [-0.4, -0.2) is 104 Å². The zero-order valence-corrected chi connectivity index (χ0v) is 27.6. The molecule has 0 bridgehead atoms. The van der Waals surface area contributed by atoms with Gasteiger partial charge in [0, 0.05) is 45.2 Å². The second kappa shape index (κ2) is 15.0. The van der Waals surface area contributed by atoms with E-state index in [2.05, 4.69) is 4.90 Å². The lowest BCUT2D eigenvalue weighted by Crippen LogP contribution is -2.48. The maximum atomic E-state index is 13.3. The van der Waals surface area contributed by atoms with Crippen LogP contribution in [0.5, 0.6) is 0 Å². The third-order valence-electron chi connectivity index (χ3n) is 9.00. The first-order valence-electron chi connectivity index (χ1n) is 15.8. The molecule has 44 heavy (non-hydrogen) atoms. The molecule has 5 atom stereocenters. The molecule has 0 aliphatic carbocycles. The van der Waals surface area contributed by atoms with Crippen molar-refractivity contribution in [3.63, 3.8) is 0 Å². The number of esters is 1. The highest BCUT2D eigenvalue weighted by Crippen LogP contribution is 2.28. The summed E-state index contributed by atoms with van der Waals surface area (Å²) >= 11 is 0. The van der Waals surface area contributed by atoms with Crippen LogP contribution in [0.15, 0.2) is 40.8 Å². The van der Waals surface area contributed by atoms with Crippen LogP contribution in [0.4, 0.5) is 4.79 Å². The normalized spacial score (nSPS) is 29.4. The maximum Gasteiger partial charge on any atom is 0.410 e. The van der Waals surface area contributed by atoms with Gasteiger partial charge >= 0.3 is 12.1 Å². The molecule has 10 nitrogen and oxygen atoms in total. The summed E-state index contributed by atoms with van der Waals surface area (Å²) in [5.74, 6) is -0.858. The summed E-state index contributed by atoms with van der Waals surface area (Å²) in [6, 6.07) is 5.35. The number of cyclic esters (lactones) is 1. The first kappa shape index (κ1) is 34.1. The van der Waals surface area contributed by atoms with Crippen molar-refractivity contribution in [1.29, 1.82) is 0 Å². The average Bonchev–Trinajstić information content (AvgIpc) is 3.53. The van der Waals surface area contributed by atoms with Crippen molar-refractivity contribution in [2.45, 2.75) is 83.0 Å². The molecule has 3 aliphatic rings. The topological polar surface area (TPSA) is 117 Å². The minimum atomic E-state index is -3.61. The summed E-state index contributed by atoms with van der Waals surface area (Å²) in [4.78, 5) is 30.1. The number of benzene rings is 1. The van der Waals surface area contributed by atoms with Gasteiger partial charge in [0.2, 0.25) is 10.0 Å². The Hall–Kier alpha value is -2.73. The van der Waals surface area contributed by atoms with E-state index in [1.165, 1.54) is 4.31 Å². The van der Waals surface area contributed by atoms with Gasteiger partial charge in [-0.1, -0.05) is 38.1 Å². The van der Waals surface area contributed by atoms with Crippen molar-refractivity contribution in [3.05, 3.63) is 47.1 Å². The summed E-state index contributed by atoms with van der Waals surface area (Å²) in [7, 11) is -1.58. The van der Waals surface area contributed by atoms with E-state index in [1.54, 1.807) is 24.0 Å². The standard InChI is InChI=1S/C33H49N3O7S/c1-23-9-12-28(37)22-31(38)43-32(25(3)10-13-29(23)42-33(39)35-18-16-34(5)17-19-35)26(4)20-27-11-8-24(2)30(21-27)44(40,41)36-14-6-7-15-36/h8,10-11,13,20-21,23,25,28-29,32,37H,6-7,9,12,14-19,22H2,1-5H3/b13-10+,26-20+/t23-,25-,28+,29-,32-/m0/s1. The van der Waals surface area contributed by atoms with Gasteiger partial charge in [0.1, 0.15) is 12.2 Å². The van der Waals surface area contributed by atoms with Crippen LogP contribution in [0, 0.1) is 18.8 Å². The first-order chi connectivity index (χ1) is 20.8. The number of aryl methyl sites for hydroxylation is 1. The number of aliphatic hydroxyl groups is 1. The number of piperazine rings is 1. The lowest BCUT2D eigenvalue weighted by atomic mass is 9.91. The molecule has 4 rings (SSSR count). The highest BCUT2D eigenvalue weighted by molar-refractivity contribution is 7.89. The van der Waals surface area contributed by atoms with E-state index in [0.717, 1.165) is 31.5 Å². The largest absolute Gasteiger partial charge is 0.457 e. The maximum absolute atomic E-state index is 13.3. The van der Waals surface area contributed by atoms with Crippen molar-refractivity contribution >= 4 is 28.2 Å². The Morgan fingerprint density at radius 2 is 1.73 bits per heavy atom. The van der Waals surface area contributed by atoms with Crippen LogP contribution in [0.3, 0.4) is 0 Å². The highest BCUT2D eigenvalue weighted by Gasteiger charge is 2.31. The van der Waals surface area contributed by atoms with Gasteiger partial charge in [-0.05, 0) is 81.3 Å². The molecular formula is C33H49N3O7S. The molecule has 1 aromatic carbocycles. The summed E-state index contributed by atoms with van der Waals surface area (Å²) in [6.07, 6.45) is 5.77. The van der Waals surface area contributed by atoms with Crippen LogP contribution < -0.4 is 0 Å². The predicted octanol–water partition coefficient (Wildman–Crippen LogP) is 4.22. The zero-order valence-electron chi connectivity index (χ0n) is 26.8. The fourth-order valence-electron chi connectivity index (χ4n) is 6.03. The van der Waals surface area contributed by atoms with Gasteiger partial charge in [-0.2, -0.15) is 4.31 Å². The van der Waals surface area contributed by atoms with Crippen LogP contribution in [0.25, 0.3) is 6.08 Å². The zero-order chi connectivity index (χ0) is 32.0. The SMILES string of the molecule is C/C(=C\c1ccc(C)c(S(=O)(=O)N2CCCC2)c1)[C@H]1OC(=O)C[C@H](O)CC[C@H](C)[C@@H](OC(=O)N2CCN(C)CC2)/C=C/[C@@H]1C. The van der Waals surface area contributed by atoms with Crippen molar-refractivity contribution < 1.29 is 32.6 Å². The van der Waals surface area contributed by atoms with E-state index in [0.29, 0.717) is 50.1 Å². The number of hydrogen-bond acceptors (Lipinski definition) is 8. The molecule has 3 aliphatic heterocycles. The number of sulfonamides is 1. The van der Waals surface area contributed by atoms with Crippen molar-refractivity contribution in [3.8, 4) is 0 Å². The number of carbonyl (C=O) groups excluding carboxylic acids is 2. The second-order valence-corrected chi connectivity index (χ2v) is 14.6. The van der Waals surface area contributed by atoms with Crippen LogP contribution >= 0.6 is 0 Å². The third-order valence-corrected chi connectivity index (χ3v) is 11.0. The molecule has 0 saturated carbocycles. The molecule has 1 N–H and O–H groups in total. The van der Waals surface area contributed by atoms with E-state index in [4.69, 9.17) is 9.47 Å². The van der Waals surface area contributed by atoms with E-state index in [1.807, 2.05) is 52.1 Å². The lowest BCUT2D eigenvalue weighted by Gasteiger charge is -2.33. The van der Waals surface area contributed by atoms with Gasteiger partial charge in [0.15, 0.2) is 0 Å². The Bertz CT molecular complexity index is 1330. The minimum Gasteiger partial charge on any atom is -0.457 e. The Labute approximate surface area is 262 Å². The first-order valence-corrected chi connectivity index (χ1v) is 17.3. The van der Waals surface area contributed by atoms with Crippen LogP contribution in [-0.2, 0) is 24.3 Å². The molecule has 0 spiro atoms. The van der Waals surface area contributed by atoms with Gasteiger partial charge in [0.25, 0.3) is 0 Å². The predicted molar refractivity (Wildman–Crippen MR) is 169 cm³/mol. The quantitative estimate of drug-likeness (QED) is 0.380. The molecule has 2 fully saturated rings. The number of nitrogens with zero attached hydrogens (tertiary/aromatic N) is 3. The monoisotopic (exact) mass is 631 g/mol. The van der Waals surface area contributed by atoms with Crippen molar-refractivity contribution in [2.75, 3.05) is 46.3 Å². The molecule has 244 valence electrons. The number of hydrogen-bond donors (Lipinski definition) is 1.